The standard InChI is InChI=1S/C51H29N3OS2/c1-3-14-30(15-4-1)32-28-39-33-18-8-10-26-43(33)56-48(39)40(29-32)34-20-11-21-36-46-38(23-13-27-44(46)57-47(34)36)51-53-49(31-16-5-2-6-17-31)52-50(54-51)37-22-12-25-42-45(37)35-19-7-9-24-41(35)55-42/h1-29H/i1D,2D,3D,4D,5D,6D,7D,8D,9D,10D,11D,12D,13D,14D,15D,16D,17D,18D,19D,20D,21D,22D,23D,24D,25D,26D,27D,28D,29D. The molecule has 4 nitrogen and oxygen atoms in total. The zero-order chi connectivity index (χ0) is 62.7. The Hall–Kier alpha value is -6.99. The molecule has 6 heteroatoms. The van der Waals surface area contributed by atoms with Crippen LogP contribution < -0.4 is 0 Å². The van der Waals surface area contributed by atoms with E-state index in [0.717, 1.165) is 0 Å². The molecule has 4 aromatic heterocycles. The van der Waals surface area contributed by atoms with Crippen molar-refractivity contribution in [2.75, 3.05) is 0 Å². The summed E-state index contributed by atoms with van der Waals surface area (Å²) in [7, 11) is 0. The van der Waals surface area contributed by atoms with Gasteiger partial charge in [0.05, 0.1) is 39.8 Å². The molecule has 4 heterocycles. The van der Waals surface area contributed by atoms with E-state index in [2.05, 4.69) is 15.0 Å². The molecular weight excluding hydrogens is 735 g/mol. The van der Waals surface area contributed by atoms with Gasteiger partial charge in [-0.2, -0.15) is 0 Å². The summed E-state index contributed by atoms with van der Waals surface area (Å²) < 4.78 is 265. The number of aromatic nitrogens is 3. The maximum absolute atomic E-state index is 10.0. The van der Waals surface area contributed by atoms with Gasteiger partial charge in [0, 0.05) is 78.9 Å². The van der Waals surface area contributed by atoms with Crippen molar-refractivity contribution < 1.29 is 44.2 Å². The molecule has 0 amide bonds. The maximum atomic E-state index is 10.0. The van der Waals surface area contributed by atoms with Gasteiger partial charge in [-0.05, 0) is 47.4 Å². The van der Waals surface area contributed by atoms with Gasteiger partial charge in [-0.1, -0.05) is 139 Å². The van der Waals surface area contributed by atoms with E-state index in [1.807, 2.05) is 0 Å². The minimum atomic E-state index is -0.921. The van der Waals surface area contributed by atoms with Crippen LogP contribution in [-0.4, -0.2) is 15.0 Å². The Morgan fingerprint density at radius 3 is 1.75 bits per heavy atom. The molecular formula is C51H29N3OS2. The van der Waals surface area contributed by atoms with Crippen LogP contribution in [0.25, 0.3) is 119 Å². The molecule has 57 heavy (non-hydrogen) atoms. The van der Waals surface area contributed by atoms with Crippen molar-refractivity contribution in [1.29, 1.82) is 0 Å². The van der Waals surface area contributed by atoms with Gasteiger partial charge in [-0.25, -0.2) is 15.0 Å². The highest BCUT2D eigenvalue weighted by Crippen LogP contribution is 2.48. The van der Waals surface area contributed by atoms with E-state index in [1.54, 1.807) is 0 Å². The molecule has 0 aliphatic heterocycles. The van der Waals surface area contributed by atoms with Gasteiger partial charge >= 0.3 is 0 Å². The summed E-state index contributed by atoms with van der Waals surface area (Å²) in [6.07, 6.45) is 0. The highest BCUT2D eigenvalue weighted by atomic mass is 32.1. The number of rotatable bonds is 5. The molecule has 8 aromatic carbocycles. The number of benzene rings is 8. The molecule has 0 N–H and O–H groups in total. The molecule has 0 unspecified atom stereocenters. The quantitative estimate of drug-likeness (QED) is 0.174. The van der Waals surface area contributed by atoms with Gasteiger partial charge in [0.2, 0.25) is 0 Å². The Kier molecular flexibility index (Phi) is 3.32. The van der Waals surface area contributed by atoms with Crippen LogP contribution in [0, 0.1) is 0 Å². The van der Waals surface area contributed by atoms with Crippen molar-refractivity contribution in [2.24, 2.45) is 0 Å². The highest BCUT2D eigenvalue weighted by molar-refractivity contribution is 7.27. The third kappa shape index (κ3) is 5.15. The van der Waals surface area contributed by atoms with E-state index in [4.69, 9.17) is 31.8 Å². The molecule has 266 valence electrons. The minimum absolute atomic E-state index is 0.179. The first-order valence-corrected chi connectivity index (χ1v) is 18.2. The number of thiophene rings is 2. The van der Waals surface area contributed by atoms with Crippen LogP contribution in [0.15, 0.2) is 180 Å². The van der Waals surface area contributed by atoms with Gasteiger partial charge in [0.15, 0.2) is 17.5 Å². The van der Waals surface area contributed by atoms with Gasteiger partial charge in [-0.3, -0.25) is 0 Å². The summed E-state index contributed by atoms with van der Waals surface area (Å²) in [6, 6.07) is -23.8. The van der Waals surface area contributed by atoms with Crippen molar-refractivity contribution in [3.05, 3.63) is 175 Å². The number of nitrogens with zero attached hydrogens (tertiary/aromatic N) is 3. The number of hydrogen-bond donors (Lipinski definition) is 0. The molecule has 0 saturated carbocycles. The fraction of sp³-hybridized carbons (Fsp3) is 0. The number of hydrogen-bond acceptors (Lipinski definition) is 6. The average Bonchev–Trinajstić information content (AvgIpc) is 1.59. The second kappa shape index (κ2) is 12.8. The molecule has 0 fully saturated rings. The third-order valence-corrected chi connectivity index (χ3v) is 11.2. The van der Waals surface area contributed by atoms with E-state index < -0.39 is 264 Å². The van der Waals surface area contributed by atoms with Gasteiger partial charge < -0.3 is 4.42 Å². The summed E-state index contributed by atoms with van der Waals surface area (Å²) in [6.45, 7) is 0. The van der Waals surface area contributed by atoms with Crippen LogP contribution >= 0.6 is 22.7 Å². The van der Waals surface area contributed by atoms with Crippen molar-refractivity contribution in [2.45, 2.75) is 0 Å². The number of fused-ring (bicyclic) bond motifs is 9. The van der Waals surface area contributed by atoms with Gasteiger partial charge in [0.1, 0.15) is 11.2 Å². The fourth-order valence-electron chi connectivity index (χ4n) is 6.55. The Labute approximate surface area is 375 Å². The number of para-hydroxylation sites is 1. The Bertz CT molecular complexity index is 5190. The topological polar surface area (TPSA) is 51.8 Å². The van der Waals surface area contributed by atoms with Crippen molar-refractivity contribution in [3.8, 4) is 56.4 Å². The molecule has 12 aromatic rings. The van der Waals surface area contributed by atoms with Crippen LogP contribution in [0.4, 0.5) is 0 Å². The Morgan fingerprint density at radius 2 is 0.930 bits per heavy atom. The average molecular weight is 793 g/mol. The second-order valence-electron chi connectivity index (χ2n) is 12.1. The minimum Gasteiger partial charge on any atom is -0.456 e. The summed E-state index contributed by atoms with van der Waals surface area (Å²) in [5.41, 5.74) is -5.35. The molecule has 12 rings (SSSR count). The first-order chi connectivity index (χ1) is 40.3. The summed E-state index contributed by atoms with van der Waals surface area (Å²) in [4.78, 5) is 13.6. The first kappa shape index (κ1) is 14.8. The van der Waals surface area contributed by atoms with Gasteiger partial charge in [-0.15, -0.1) is 22.7 Å². The van der Waals surface area contributed by atoms with Crippen LogP contribution in [0.1, 0.15) is 39.8 Å². The van der Waals surface area contributed by atoms with Crippen LogP contribution in [0.3, 0.4) is 0 Å². The highest BCUT2D eigenvalue weighted by Gasteiger charge is 2.22. The van der Waals surface area contributed by atoms with Crippen LogP contribution in [0.2, 0.25) is 0 Å². The lowest BCUT2D eigenvalue weighted by Gasteiger charge is -2.11. The van der Waals surface area contributed by atoms with Crippen molar-refractivity contribution in [1.82, 2.24) is 15.0 Å². The van der Waals surface area contributed by atoms with E-state index >= 15 is 0 Å². The predicted molar refractivity (Wildman–Crippen MR) is 240 cm³/mol. The molecule has 0 bridgehead atoms. The lowest BCUT2D eigenvalue weighted by atomic mass is 9.95. The molecule has 0 saturated heterocycles. The molecule has 0 atom stereocenters. The van der Waals surface area contributed by atoms with Crippen molar-refractivity contribution >= 4 is 85.0 Å². The fourth-order valence-corrected chi connectivity index (χ4v) is 8.75. The van der Waals surface area contributed by atoms with E-state index in [0.29, 0.717) is 22.7 Å². The molecule has 0 spiro atoms. The Balaban J connectivity index is 1.29. The monoisotopic (exact) mass is 792 g/mol. The Morgan fingerprint density at radius 1 is 0.368 bits per heavy atom. The summed E-state index contributed by atoms with van der Waals surface area (Å²) >= 11 is 1.20. The third-order valence-electron chi connectivity index (χ3n) is 8.94. The predicted octanol–water partition coefficient (Wildman–Crippen LogP) is 14.8. The lowest BCUT2D eigenvalue weighted by Crippen LogP contribution is -2.00. The summed E-state index contributed by atoms with van der Waals surface area (Å²) in [5, 5.41) is -2.31. The zero-order valence-corrected chi connectivity index (χ0v) is 29.7. The first-order valence-electron chi connectivity index (χ1n) is 31.1. The molecule has 0 aliphatic rings. The van der Waals surface area contributed by atoms with Gasteiger partial charge in [0.25, 0.3) is 0 Å². The smallest absolute Gasteiger partial charge is 0.164 e. The zero-order valence-electron chi connectivity index (χ0n) is 57.1. The SMILES string of the molecule is [2H]c1c([2H])c([2H])c(-c2nc(-c3c([2H])c([2H])c([2H])c4oc5c([2H])c([2H])c([2H])c([2H])c5c34)nc(-c3c([2H])c([2H])c([2H])c4sc5c(-c6c([2H])c(-c7c([2H])c([2H])c([2H])c([2H])c7[2H])c([2H])c7c6sc6c([2H])c([2H])c([2H])c([2H])c67)c([2H])c([2H])c([2H])c5c34)n2)c([2H])c1[2H]. The normalized spacial score (nSPS) is 19.0. The van der Waals surface area contributed by atoms with E-state index in [1.165, 1.54) is 0 Å². The molecule has 0 aliphatic carbocycles. The second-order valence-corrected chi connectivity index (χ2v) is 14.1. The largest absolute Gasteiger partial charge is 0.456 e. The van der Waals surface area contributed by atoms with E-state index in [9.17, 15) is 12.3 Å². The lowest BCUT2D eigenvalue weighted by molar-refractivity contribution is 0.669. The van der Waals surface area contributed by atoms with E-state index in [-0.39, 0.29) is 29.6 Å². The van der Waals surface area contributed by atoms with Crippen LogP contribution in [0.5, 0.6) is 0 Å². The summed E-state index contributed by atoms with van der Waals surface area (Å²) in [5.74, 6) is -2.37. The molecule has 0 radical (unpaired) electrons. The maximum Gasteiger partial charge on any atom is 0.164 e. The van der Waals surface area contributed by atoms with Crippen molar-refractivity contribution in [3.63, 3.8) is 0 Å². The van der Waals surface area contributed by atoms with Crippen LogP contribution in [-0.2, 0) is 0 Å². The number of furan rings is 1.